The Labute approximate surface area is 109 Å². The lowest BCUT2D eigenvalue weighted by Gasteiger charge is -2.14. The van der Waals surface area contributed by atoms with Crippen LogP contribution in [0.4, 0.5) is 5.95 Å². The number of aromatic nitrogens is 4. The summed E-state index contributed by atoms with van der Waals surface area (Å²) < 4.78 is 6.56. The van der Waals surface area contributed by atoms with Gasteiger partial charge in [-0.05, 0) is 0 Å². The van der Waals surface area contributed by atoms with Gasteiger partial charge in [0.05, 0.1) is 19.5 Å². The highest BCUT2D eigenvalue weighted by atomic mass is 16.5. The van der Waals surface area contributed by atoms with Crippen LogP contribution in [0.15, 0.2) is 24.7 Å². The molecule has 2 heterocycles. The fraction of sp³-hybridized carbons (Fsp3) is 0.273. The molecule has 19 heavy (non-hydrogen) atoms. The van der Waals surface area contributed by atoms with Crippen LogP contribution in [0.2, 0.25) is 0 Å². The van der Waals surface area contributed by atoms with Crippen molar-refractivity contribution in [1.29, 1.82) is 0 Å². The Morgan fingerprint density at radius 2 is 2.37 bits per heavy atom. The third kappa shape index (κ3) is 2.97. The van der Waals surface area contributed by atoms with E-state index in [1.807, 2.05) is 0 Å². The Bertz CT molecular complexity index is 583. The zero-order chi connectivity index (χ0) is 13.8. The lowest BCUT2D eigenvalue weighted by molar-refractivity contribution is -0.135. The van der Waals surface area contributed by atoms with E-state index >= 15 is 0 Å². The van der Waals surface area contributed by atoms with Crippen LogP contribution in [-0.4, -0.2) is 51.5 Å². The Balaban J connectivity index is 2.25. The maximum Gasteiger partial charge on any atom is 0.323 e. The van der Waals surface area contributed by atoms with Gasteiger partial charge < -0.3 is 14.7 Å². The van der Waals surface area contributed by atoms with Gasteiger partial charge in [0.2, 0.25) is 5.95 Å². The summed E-state index contributed by atoms with van der Waals surface area (Å²) in [5.41, 5.74) is 0. The number of carbonyl (C=O) groups is 1. The largest absolute Gasteiger partial charge is 0.493 e. The molecule has 0 aliphatic carbocycles. The first-order chi connectivity index (χ1) is 9.10. The van der Waals surface area contributed by atoms with E-state index in [4.69, 9.17) is 9.84 Å². The quantitative estimate of drug-likeness (QED) is 0.823. The van der Waals surface area contributed by atoms with Crippen molar-refractivity contribution >= 4 is 11.9 Å². The number of nitrogens with zero attached hydrogens (tertiary/aromatic N) is 5. The maximum atomic E-state index is 10.6. The fourth-order valence-corrected chi connectivity index (χ4v) is 1.46. The second-order valence-electron chi connectivity index (χ2n) is 3.79. The number of methoxy groups -OCH3 is 1. The van der Waals surface area contributed by atoms with Crippen LogP contribution >= 0.6 is 0 Å². The first kappa shape index (κ1) is 12.8. The van der Waals surface area contributed by atoms with Crippen molar-refractivity contribution in [2.45, 2.75) is 0 Å². The third-order valence-corrected chi connectivity index (χ3v) is 2.37. The van der Waals surface area contributed by atoms with Gasteiger partial charge in [0.15, 0.2) is 11.6 Å². The fourth-order valence-electron chi connectivity index (χ4n) is 1.46. The van der Waals surface area contributed by atoms with Crippen LogP contribution in [0.3, 0.4) is 0 Å². The second-order valence-corrected chi connectivity index (χ2v) is 3.79. The standard InChI is InChI=1S/C11H13N5O3/c1-15(7-10(17)18)11-12-4-3-9(14-11)16-6-8(19-2)5-13-16/h3-6H,7H2,1-2H3,(H,17,18). The zero-order valence-corrected chi connectivity index (χ0v) is 10.5. The van der Waals surface area contributed by atoms with Gasteiger partial charge in [0.1, 0.15) is 6.54 Å². The molecule has 1 N–H and O–H groups in total. The van der Waals surface area contributed by atoms with E-state index in [9.17, 15) is 4.79 Å². The number of hydrogen-bond donors (Lipinski definition) is 1. The minimum absolute atomic E-state index is 0.175. The van der Waals surface area contributed by atoms with Gasteiger partial charge in [0.25, 0.3) is 0 Å². The molecule has 8 nitrogen and oxygen atoms in total. The smallest absolute Gasteiger partial charge is 0.323 e. The molecule has 0 atom stereocenters. The highest BCUT2D eigenvalue weighted by Gasteiger charge is 2.10. The Hall–Kier alpha value is -2.64. The number of ether oxygens (including phenoxy) is 1. The molecular weight excluding hydrogens is 250 g/mol. The van der Waals surface area contributed by atoms with Crippen LogP contribution in [0.1, 0.15) is 0 Å². The molecule has 0 saturated carbocycles. The maximum absolute atomic E-state index is 10.6. The molecular formula is C11H13N5O3. The molecule has 0 unspecified atom stereocenters. The summed E-state index contributed by atoms with van der Waals surface area (Å²) in [5.74, 6) is 0.510. The lowest BCUT2D eigenvalue weighted by Crippen LogP contribution is -2.27. The normalized spacial score (nSPS) is 10.2. The van der Waals surface area contributed by atoms with E-state index < -0.39 is 5.97 Å². The first-order valence-electron chi connectivity index (χ1n) is 5.45. The molecule has 0 spiro atoms. The van der Waals surface area contributed by atoms with E-state index in [0.29, 0.717) is 17.5 Å². The van der Waals surface area contributed by atoms with Crippen LogP contribution in [0.25, 0.3) is 5.82 Å². The predicted molar refractivity (Wildman–Crippen MR) is 66.6 cm³/mol. The molecule has 0 fully saturated rings. The molecule has 0 saturated heterocycles. The topological polar surface area (TPSA) is 93.4 Å². The molecule has 0 aliphatic rings. The molecule has 8 heteroatoms. The molecule has 2 aromatic heterocycles. The van der Waals surface area contributed by atoms with Crippen LogP contribution < -0.4 is 9.64 Å². The molecule has 100 valence electrons. The monoisotopic (exact) mass is 263 g/mol. The van der Waals surface area contributed by atoms with Crippen LogP contribution in [0, 0.1) is 0 Å². The third-order valence-electron chi connectivity index (χ3n) is 2.37. The summed E-state index contributed by atoms with van der Waals surface area (Å²) in [4.78, 5) is 20.3. The lowest BCUT2D eigenvalue weighted by atomic mass is 10.5. The average molecular weight is 263 g/mol. The summed E-state index contributed by atoms with van der Waals surface area (Å²) in [6.45, 7) is -0.175. The molecule has 0 aromatic carbocycles. The van der Waals surface area contributed by atoms with Crippen molar-refractivity contribution in [3.63, 3.8) is 0 Å². The van der Waals surface area contributed by atoms with Gasteiger partial charge in [-0.15, -0.1) is 0 Å². The van der Waals surface area contributed by atoms with Gasteiger partial charge >= 0.3 is 5.97 Å². The molecule has 0 bridgehead atoms. The van der Waals surface area contributed by atoms with Gasteiger partial charge in [-0.2, -0.15) is 10.1 Å². The van der Waals surface area contributed by atoms with E-state index in [0.717, 1.165) is 0 Å². The van der Waals surface area contributed by atoms with Crippen LogP contribution in [-0.2, 0) is 4.79 Å². The number of rotatable bonds is 5. The highest BCUT2D eigenvalue weighted by Crippen LogP contribution is 2.13. The average Bonchev–Trinajstić information content (AvgIpc) is 2.87. The number of carboxylic acid groups (broad SMARTS) is 1. The van der Waals surface area contributed by atoms with E-state index in [1.54, 1.807) is 38.8 Å². The number of likely N-dealkylation sites (N-methyl/N-ethyl adjacent to an activating group) is 1. The summed E-state index contributed by atoms with van der Waals surface area (Å²) in [6, 6.07) is 1.67. The second kappa shape index (κ2) is 5.34. The van der Waals surface area contributed by atoms with Gasteiger partial charge in [-0.1, -0.05) is 0 Å². The first-order valence-corrected chi connectivity index (χ1v) is 5.45. The number of hydrogen-bond acceptors (Lipinski definition) is 6. The number of anilines is 1. The van der Waals surface area contributed by atoms with E-state index in [-0.39, 0.29) is 6.54 Å². The van der Waals surface area contributed by atoms with Crippen LogP contribution in [0.5, 0.6) is 5.75 Å². The van der Waals surface area contributed by atoms with Gasteiger partial charge in [-0.3, -0.25) is 4.79 Å². The van der Waals surface area contributed by atoms with Crippen molar-refractivity contribution in [3.8, 4) is 11.6 Å². The SMILES string of the molecule is COc1cnn(-c2ccnc(N(C)CC(=O)O)n2)c1. The summed E-state index contributed by atoms with van der Waals surface area (Å²) in [6.07, 6.45) is 4.77. The molecule has 0 amide bonds. The summed E-state index contributed by atoms with van der Waals surface area (Å²) >= 11 is 0. The summed E-state index contributed by atoms with van der Waals surface area (Å²) in [5, 5.41) is 12.8. The van der Waals surface area contributed by atoms with Crippen molar-refractivity contribution in [2.75, 3.05) is 25.6 Å². The zero-order valence-electron chi connectivity index (χ0n) is 10.5. The number of carboxylic acids is 1. The Morgan fingerprint density at radius 3 is 3.00 bits per heavy atom. The van der Waals surface area contributed by atoms with Crippen molar-refractivity contribution < 1.29 is 14.6 Å². The molecule has 2 rings (SSSR count). The Kier molecular flexibility index (Phi) is 3.60. The molecule has 0 aliphatic heterocycles. The van der Waals surface area contributed by atoms with Crippen molar-refractivity contribution in [3.05, 3.63) is 24.7 Å². The van der Waals surface area contributed by atoms with E-state index in [2.05, 4.69) is 15.1 Å². The summed E-state index contributed by atoms with van der Waals surface area (Å²) in [7, 11) is 3.16. The molecule has 0 radical (unpaired) electrons. The highest BCUT2D eigenvalue weighted by molar-refractivity contribution is 5.72. The number of aliphatic carboxylic acids is 1. The minimum Gasteiger partial charge on any atom is -0.493 e. The minimum atomic E-state index is -0.947. The van der Waals surface area contributed by atoms with Crippen molar-refractivity contribution in [2.24, 2.45) is 0 Å². The van der Waals surface area contributed by atoms with Crippen molar-refractivity contribution in [1.82, 2.24) is 19.7 Å². The van der Waals surface area contributed by atoms with Gasteiger partial charge in [0, 0.05) is 19.3 Å². The van der Waals surface area contributed by atoms with Gasteiger partial charge in [-0.25, -0.2) is 9.67 Å². The predicted octanol–water partition coefficient (Wildman–Crippen LogP) is 0.192. The molecule has 2 aromatic rings. The Morgan fingerprint density at radius 1 is 1.58 bits per heavy atom. The van der Waals surface area contributed by atoms with E-state index in [1.165, 1.54) is 9.58 Å².